The number of nitrogens with two attached hydrogens (primary N) is 4. The van der Waals surface area contributed by atoms with E-state index in [1.807, 2.05) is 56.3 Å². The number of fused-ring (bicyclic) bond motifs is 2. The number of para-hydroxylation sites is 2. The number of carbonyl (C=O) groups is 13. The lowest BCUT2D eigenvalue weighted by atomic mass is 9.94. The Morgan fingerprint density at radius 3 is 1.40 bits per heavy atom. The second-order valence-electron chi connectivity index (χ2n) is 32.1. The third-order valence-corrected chi connectivity index (χ3v) is 22.6. The summed E-state index contributed by atoms with van der Waals surface area (Å²) in [7, 11) is 0. The van der Waals surface area contributed by atoms with Gasteiger partial charge in [-0.2, -0.15) is 0 Å². The molecule has 4 heterocycles. The van der Waals surface area contributed by atoms with E-state index >= 15 is 33.6 Å². The molecule has 2 saturated heterocycles. The van der Waals surface area contributed by atoms with Crippen molar-refractivity contribution in [1.29, 1.82) is 5.41 Å². The van der Waals surface area contributed by atoms with E-state index in [9.17, 15) is 28.8 Å². The number of nitrogens with zero attached hydrogens (tertiary/aromatic N) is 2. The van der Waals surface area contributed by atoms with Crippen LogP contribution in [0.1, 0.15) is 184 Å². The molecule has 21 N–H and O–H groups in total. The van der Waals surface area contributed by atoms with Gasteiger partial charge in [0.15, 0.2) is 5.96 Å². The topological polar surface area (TPSA) is 508 Å². The highest BCUT2D eigenvalue weighted by Crippen LogP contribution is 2.31. The third kappa shape index (κ3) is 26.7. The molecule has 0 bridgehead atoms. The average molecular weight is 1640 g/mol. The van der Waals surface area contributed by atoms with Crippen molar-refractivity contribution in [3.63, 3.8) is 0 Å². The van der Waals surface area contributed by atoms with Gasteiger partial charge in [0.05, 0.1) is 0 Å². The van der Waals surface area contributed by atoms with E-state index in [4.69, 9.17) is 28.3 Å². The molecule has 119 heavy (non-hydrogen) atoms. The van der Waals surface area contributed by atoms with Crippen molar-refractivity contribution in [1.82, 2.24) is 72.9 Å². The number of aromatic nitrogens is 2. The molecule has 10 atom stereocenters. The van der Waals surface area contributed by atoms with Gasteiger partial charge in [0, 0.05) is 92.4 Å². The van der Waals surface area contributed by atoms with Crippen molar-refractivity contribution in [2.24, 2.45) is 28.9 Å². The number of aromatic amines is 2. The number of primary amides is 2. The molecule has 2 aromatic heterocycles. The van der Waals surface area contributed by atoms with E-state index in [-0.39, 0.29) is 108 Å². The SMILES string of the molecule is CCCCCCCC(=O)N[C@H](CCCNC(=N)N)C(=O)N1CCC[C@H]1C(=O)N[C@@H](CCCCN)C(=O)N1CCC[C@H]1C(=O)N[C@H](Cc1ccccc1)C(=O)N[C@@H](CCC(N)=O)C(=O)N[C@H](Cc1c[nH]c2ccccc12)C(=O)N[C@@H](Cc1ccccc1)C(=O)N[C@H](Cc1c[nH]c2ccccc12)C(=O)N[C@@H](CC(C)C)C(=O)NC1(C(N)=O)CCCC1. The van der Waals surface area contributed by atoms with Gasteiger partial charge in [0.1, 0.15) is 66.0 Å². The number of hydrogen-bond donors (Lipinski definition) is 17. The monoisotopic (exact) mass is 1640 g/mol. The Balaban J connectivity index is 0.957. The van der Waals surface area contributed by atoms with Crippen molar-refractivity contribution in [2.75, 3.05) is 26.2 Å². The first-order valence-corrected chi connectivity index (χ1v) is 42.1. The largest absolute Gasteiger partial charge is 0.370 e. The number of nitrogens with one attached hydrogen (secondary N) is 13. The zero-order valence-corrected chi connectivity index (χ0v) is 68.6. The summed E-state index contributed by atoms with van der Waals surface area (Å²) >= 11 is 0. The van der Waals surface area contributed by atoms with Gasteiger partial charge in [-0.15, -0.1) is 0 Å². The van der Waals surface area contributed by atoms with Crippen LogP contribution in [0.3, 0.4) is 0 Å². The summed E-state index contributed by atoms with van der Waals surface area (Å²) in [6, 6.07) is 19.0. The zero-order chi connectivity index (χ0) is 85.5. The van der Waals surface area contributed by atoms with Crippen LogP contribution >= 0.6 is 0 Å². The molecule has 0 spiro atoms. The highest BCUT2D eigenvalue weighted by molar-refractivity contribution is 6.01. The number of rotatable bonds is 47. The Morgan fingerprint density at radius 1 is 0.471 bits per heavy atom. The van der Waals surface area contributed by atoms with Crippen LogP contribution in [0, 0.1) is 11.3 Å². The standard InChI is InChI=1S/C87H121N19O13/c1-4-5-6-7-14-38-74(108)96-64(35-23-44-93-86(91)92)83(117)105-45-24-36-71(105)81(115)98-65(34-19-22-43-88)84(118)106-46-25-37-72(106)82(116)103-68(49-56-28-12-9-13-29-56)76(110)97-63(39-40-73(89)107)75(109)101-69(50-57-52-94-61-32-17-15-30-59(57)61)79(113)100-67(48-55-26-10-8-11-27-55)77(111)102-70(51-58-53-95-62-33-18-16-31-60(58)62)78(112)99-66(47-54(2)3)80(114)104-87(85(90)119)41-20-21-42-87/h8-13,15-18,26-33,52-54,63-72,94-95H,4-7,14,19-25,34-51,88H2,1-3H3,(H2,89,107)(H2,90,119)(H,96,108)(H,97,110)(H,98,115)(H,99,112)(H,100,113)(H,101,109)(H,102,111)(H,103,116)(H,104,114)(H4,91,92,93)/t63-,64+,65-,66-,67-,68+,69+,70+,71-,72-/m0/s1. The summed E-state index contributed by atoms with van der Waals surface area (Å²) in [4.78, 5) is 199. The summed E-state index contributed by atoms with van der Waals surface area (Å²) in [5, 5.41) is 37.6. The molecule has 3 aliphatic rings. The molecule has 6 aromatic rings. The lowest BCUT2D eigenvalue weighted by Crippen LogP contribution is -2.62. The van der Waals surface area contributed by atoms with Gasteiger partial charge >= 0.3 is 0 Å². The molecule has 9 rings (SSSR count). The minimum absolute atomic E-state index is 0.0918. The number of carbonyl (C=O) groups excluding carboxylic acids is 13. The van der Waals surface area contributed by atoms with Crippen LogP contribution < -0.4 is 76.1 Å². The van der Waals surface area contributed by atoms with E-state index in [1.54, 1.807) is 79.1 Å². The highest BCUT2D eigenvalue weighted by atomic mass is 16.2. The molecule has 13 amide bonds. The molecule has 2 aliphatic heterocycles. The number of guanidine groups is 1. The molecule has 1 saturated carbocycles. The maximum atomic E-state index is 15.6. The van der Waals surface area contributed by atoms with Crippen molar-refractivity contribution in [3.8, 4) is 0 Å². The van der Waals surface area contributed by atoms with Crippen LogP contribution in [-0.4, -0.2) is 195 Å². The van der Waals surface area contributed by atoms with Gasteiger partial charge in [-0.3, -0.25) is 67.7 Å². The molecular formula is C87H121N19O13. The zero-order valence-electron chi connectivity index (χ0n) is 68.6. The fourth-order valence-electron chi connectivity index (χ4n) is 16.2. The number of benzene rings is 4. The Labute approximate surface area is 694 Å². The molecule has 0 radical (unpaired) electrons. The van der Waals surface area contributed by atoms with Crippen LogP contribution in [0.4, 0.5) is 0 Å². The molecule has 3 fully saturated rings. The highest BCUT2D eigenvalue weighted by Gasteiger charge is 2.45. The fraction of sp³-hybridized carbons (Fsp3) is 0.517. The normalized spacial score (nSPS) is 17.0. The van der Waals surface area contributed by atoms with Crippen LogP contribution in [0.25, 0.3) is 21.8 Å². The van der Waals surface area contributed by atoms with Crippen molar-refractivity contribution in [3.05, 3.63) is 144 Å². The minimum atomic E-state index is -1.63. The van der Waals surface area contributed by atoms with E-state index in [1.165, 1.54) is 9.80 Å². The average Bonchev–Trinajstić information content (AvgIpc) is 1.62. The van der Waals surface area contributed by atoms with Crippen LogP contribution in [0.15, 0.2) is 122 Å². The predicted octanol–water partition coefficient (Wildman–Crippen LogP) is 3.76. The van der Waals surface area contributed by atoms with Crippen LogP contribution in [0.2, 0.25) is 0 Å². The van der Waals surface area contributed by atoms with Crippen molar-refractivity contribution >= 4 is 105 Å². The molecule has 32 heteroatoms. The number of unbranched alkanes of at least 4 members (excludes halogenated alkanes) is 5. The minimum Gasteiger partial charge on any atom is -0.370 e. The summed E-state index contributed by atoms with van der Waals surface area (Å²) < 4.78 is 0. The Kier molecular flexibility index (Phi) is 34.7. The van der Waals surface area contributed by atoms with E-state index in [0.717, 1.165) is 36.6 Å². The third-order valence-electron chi connectivity index (χ3n) is 22.6. The lowest BCUT2D eigenvalue weighted by Gasteiger charge is -2.32. The summed E-state index contributed by atoms with van der Waals surface area (Å²) in [6.07, 6.45) is 11.6. The molecular weight excluding hydrogens is 1520 g/mol. The molecule has 4 aromatic carbocycles. The first-order chi connectivity index (χ1) is 57.2. The molecule has 1 aliphatic carbocycles. The first kappa shape index (κ1) is 91.2. The smallest absolute Gasteiger partial charge is 0.245 e. The molecule has 0 unspecified atom stereocenters. The quantitative estimate of drug-likeness (QED) is 0.0147. The summed E-state index contributed by atoms with van der Waals surface area (Å²) in [5.74, 6) is -9.54. The van der Waals surface area contributed by atoms with E-state index in [2.05, 4.69) is 70.1 Å². The number of likely N-dealkylation sites (tertiary alicyclic amines) is 2. The fourth-order valence-corrected chi connectivity index (χ4v) is 16.2. The van der Waals surface area contributed by atoms with Crippen LogP contribution in [-0.2, 0) is 88.0 Å². The second-order valence-corrected chi connectivity index (χ2v) is 32.1. The predicted molar refractivity (Wildman–Crippen MR) is 451 cm³/mol. The van der Waals surface area contributed by atoms with E-state index < -0.39 is 150 Å². The maximum absolute atomic E-state index is 15.6. The van der Waals surface area contributed by atoms with Gasteiger partial charge in [0.25, 0.3) is 0 Å². The van der Waals surface area contributed by atoms with Crippen LogP contribution in [0.5, 0.6) is 0 Å². The van der Waals surface area contributed by atoms with Gasteiger partial charge < -0.3 is 95.9 Å². The Morgan fingerprint density at radius 2 is 0.916 bits per heavy atom. The number of amides is 13. The van der Waals surface area contributed by atoms with Gasteiger partial charge in [-0.25, -0.2) is 0 Å². The Bertz CT molecular complexity index is 4470. The lowest BCUT2D eigenvalue weighted by molar-refractivity contribution is -0.144. The van der Waals surface area contributed by atoms with Crippen molar-refractivity contribution < 1.29 is 62.3 Å². The maximum Gasteiger partial charge on any atom is 0.245 e. The first-order valence-electron chi connectivity index (χ1n) is 42.1. The molecule has 32 nitrogen and oxygen atoms in total. The summed E-state index contributed by atoms with van der Waals surface area (Å²) in [5.41, 5.74) is 25.6. The number of hydrogen-bond acceptors (Lipinski definition) is 15. The summed E-state index contributed by atoms with van der Waals surface area (Å²) in [6.45, 7) is 6.68. The van der Waals surface area contributed by atoms with Gasteiger partial charge in [-0.05, 0) is 137 Å². The van der Waals surface area contributed by atoms with Gasteiger partial charge in [-0.1, -0.05) is 156 Å². The number of H-pyrrole nitrogens is 2. The second kappa shape index (κ2) is 45.3. The van der Waals surface area contributed by atoms with Crippen molar-refractivity contribution in [2.45, 2.75) is 254 Å². The molecule has 642 valence electrons. The Hall–Kier alpha value is -11.7. The van der Waals surface area contributed by atoms with E-state index in [0.29, 0.717) is 97.4 Å². The van der Waals surface area contributed by atoms with Gasteiger partial charge in [0.2, 0.25) is 76.8 Å².